The highest BCUT2D eigenvalue weighted by Crippen LogP contribution is 2.40. The third-order valence-electron chi connectivity index (χ3n) is 5.01. The maximum atomic E-state index is 6.22. The Labute approximate surface area is 110 Å². The molecule has 0 spiro atoms. The number of nitrogens with two attached hydrogens (primary N) is 1. The van der Waals surface area contributed by atoms with Gasteiger partial charge in [0.05, 0.1) is 0 Å². The molecule has 2 heteroatoms. The van der Waals surface area contributed by atoms with Crippen molar-refractivity contribution in [3.63, 3.8) is 0 Å². The van der Waals surface area contributed by atoms with E-state index in [-0.39, 0.29) is 0 Å². The Bertz CT molecular complexity index is 429. The second kappa shape index (κ2) is 4.67. The average molecular weight is 244 g/mol. The van der Waals surface area contributed by atoms with Gasteiger partial charge in [-0.2, -0.15) is 0 Å². The minimum Gasteiger partial charge on any atom is -0.327 e. The van der Waals surface area contributed by atoms with E-state index >= 15 is 0 Å². The lowest BCUT2D eigenvalue weighted by Crippen LogP contribution is -2.31. The van der Waals surface area contributed by atoms with Gasteiger partial charge in [0.15, 0.2) is 0 Å². The first-order chi connectivity index (χ1) is 8.65. The molecule has 0 radical (unpaired) electrons. The van der Waals surface area contributed by atoms with Crippen LogP contribution in [-0.4, -0.2) is 24.0 Å². The van der Waals surface area contributed by atoms with E-state index < -0.39 is 0 Å². The van der Waals surface area contributed by atoms with Crippen LogP contribution >= 0.6 is 0 Å². The van der Waals surface area contributed by atoms with E-state index in [1.807, 2.05) is 0 Å². The molecule has 2 aliphatic rings. The molecule has 3 rings (SSSR count). The summed E-state index contributed by atoms with van der Waals surface area (Å²) >= 11 is 0. The van der Waals surface area contributed by atoms with Gasteiger partial charge in [0.2, 0.25) is 0 Å². The monoisotopic (exact) mass is 244 g/mol. The van der Waals surface area contributed by atoms with E-state index in [0.29, 0.717) is 12.1 Å². The topological polar surface area (TPSA) is 29.3 Å². The van der Waals surface area contributed by atoms with Crippen LogP contribution in [0.25, 0.3) is 0 Å². The van der Waals surface area contributed by atoms with Gasteiger partial charge in [-0.25, -0.2) is 0 Å². The van der Waals surface area contributed by atoms with Crippen LogP contribution in [0.1, 0.15) is 36.9 Å². The first kappa shape index (κ1) is 12.2. The van der Waals surface area contributed by atoms with Gasteiger partial charge in [-0.15, -0.1) is 0 Å². The Hall–Kier alpha value is -0.860. The third kappa shape index (κ3) is 2.08. The Morgan fingerprint density at radius 1 is 1.28 bits per heavy atom. The van der Waals surface area contributed by atoms with Gasteiger partial charge in [-0.05, 0) is 44.1 Å². The van der Waals surface area contributed by atoms with Gasteiger partial charge < -0.3 is 5.73 Å². The molecule has 2 fully saturated rings. The number of hydrogen-bond acceptors (Lipinski definition) is 2. The Balaban J connectivity index is 1.73. The van der Waals surface area contributed by atoms with Crippen molar-refractivity contribution < 1.29 is 0 Å². The standard InChI is InChI=1S/C16H24N2/c1-11-4-3-5-13(8-11)12(2)18-9-14-6-7-16(17)15(14)10-18/h3-5,8,12,14-16H,6-7,9-10,17H2,1-2H3. The molecule has 98 valence electrons. The summed E-state index contributed by atoms with van der Waals surface area (Å²) in [7, 11) is 0. The van der Waals surface area contributed by atoms with Crippen molar-refractivity contribution >= 4 is 0 Å². The Morgan fingerprint density at radius 2 is 2.11 bits per heavy atom. The number of fused-ring (bicyclic) bond motifs is 1. The van der Waals surface area contributed by atoms with Crippen LogP contribution < -0.4 is 5.73 Å². The van der Waals surface area contributed by atoms with Crippen molar-refractivity contribution in [2.45, 2.75) is 38.8 Å². The van der Waals surface area contributed by atoms with Crippen LogP contribution in [0.4, 0.5) is 0 Å². The second-order valence-corrected chi connectivity index (χ2v) is 6.21. The minimum atomic E-state index is 0.449. The summed E-state index contributed by atoms with van der Waals surface area (Å²) < 4.78 is 0. The van der Waals surface area contributed by atoms with Gasteiger partial charge in [0.25, 0.3) is 0 Å². The van der Waals surface area contributed by atoms with Crippen LogP contribution in [0.15, 0.2) is 24.3 Å². The Kier molecular flexibility index (Phi) is 3.16. The maximum Gasteiger partial charge on any atom is 0.0320 e. The number of rotatable bonds is 2. The molecule has 2 nitrogen and oxygen atoms in total. The van der Waals surface area contributed by atoms with Crippen molar-refractivity contribution in [3.05, 3.63) is 35.4 Å². The van der Waals surface area contributed by atoms with Crippen molar-refractivity contribution in [1.82, 2.24) is 4.90 Å². The van der Waals surface area contributed by atoms with E-state index in [4.69, 9.17) is 5.73 Å². The van der Waals surface area contributed by atoms with Crippen molar-refractivity contribution in [1.29, 1.82) is 0 Å². The molecule has 0 amide bonds. The molecule has 1 heterocycles. The van der Waals surface area contributed by atoms with E-state index in [1.54, 1.807) is 0 Å². The summed E-state index contributed by atoms with van der Waals surface area (Å²) in [5, 5.41) is 0. The van der Waals surface area contributed by atoms with Gasteiger partial charge >= 0.3 is 0 Å². The van der Waals surface area contributed by atoms with Gasteiger partial charge in [0.1, 0.15) is 0 Å². The zero-order valence-electron chi connectivity index (χ0n) is 11.5. The number of benzene rings is 1. The molecule has 1 aliphatic carbocycles. The van der Waals surface area contributed by atoms with Gasteiger partial charge in [-0.1, -0.05) is 29.8 Å². The number of aryl methyl sites for hydroxylation is 1. The van der Waals surface area contributed by atoms with Crippen LogP contribution in [0, 0.1) is 18.8 Å². The highest BCUT2D eigenvalue weighted by atomic mass is 15.2. The lowest BCUT2D eigenvalue weighted by molar-refractivity contribution is 0.239. The van der Waals surface area contributed by atoms with Crippen LogP contribution in [0.2, 0.25) is 0 Å². The molecule has 1 saturated carbocycles. The first-order valence-electron chi connectivity index (χ1n) is 7.21. The lowest BCUT2D eigenvalue weighted by Gasteiger charge is -2.26. The van der Waals surface area contributed by atoms with E-state index in [0.717, 1.165) is 11.8 Å². The molecule has 18 heavy (non-hydrogen) atoms. The van der Waals surface area contributed by atoms with Crippen molar-refractivity contribution in [3.8, 4) is 0 Å². The van der Waals surface area contributed by atoms with Crippen LogP contribution in [-0.2, 0) is 0 Å². The fourth-order valence-corrected chi connectivity index (χ4v) is 3.80. The summed E-state index contributed by atoms with van der Waals surface area (Å²) in [5.41, 5.74) is 9.02. The van der Waals surface area contributed by atoms with Crippen LogP contribution in [0.3, 0.4) is 0 Å². The Morgan fingerprint density at radius 3 is 2.83 bits per heavy atom. The average Bonchev–Trinajstić information content (AvgIpc) is 2.91. The minimum absolute atomic E-state index is 0.449. The van der Waals surface area contributed by atoms with Crippen molar-refractivity contribution in [2.24, 2.45) is 17.6 Å². The lowest BCUT2D eigenvalue weighted by atomic mass is 9.98. The SMILES string of the molecule is Cc1cccc(C(C)N2CC3CCC(N)C3C2)c1. The summed E-state index contributed by atoms with van der Waals surface area (Å²) in [6, 6.07) is 9.89. The normalized spacial score (nSPS) is 33.6. The fraction of sp³-hybridized carbons (Fsp3) is 0.625. The molecule has 0 bridgehead atoms. The predicted octanol–water partition coefficient (Wildman–Crippen LogP) is 2.73. The molecule has 4 atom stereocenters. The van der Waals surface area contributed by atoms with Gasteiger partial charge in [0, 0.05) is 25.2 Å². The zero-order valence-corrected chi connectivity index (χ0v) is 11.5. The summed E-state index contributed by atoms with van der Waals surface area (Å²) in [5.74, 6) is 1.60. The maximum absolute atomic E-state index is 6.22. The highest BCUT2D eigenvalue weighted by molar-refractivity contribution is 5.25. The zero-order chi connectivity index (χ0) is 12.7. The third-order valence-corrected chi connectivity index (χ3v) is 5.01. The first-order valence-corrected chi connectivity index (χ1v) is 7.21. The largest absolute Gasteiger partial charge is 0.327 e. The number of likely N-dealkylation sites (tertiary alicyclic amines) is 1. The van der Waals surface area contributed by atoms with Crippen molar-refractivity contribution in [2.75, 3.05) is 13.1 Å². The molecular weight excluding hydrogens is 220 g/mol. The fourth-order valence-electron chi connectivity index (χ4n) is 3.80. The van der Waals surface area contributed by atoms with E-state index in [1.165, 1.54) is 37.1 Å². The summed E-state index contributed by atoms with van der Waals surface area (Å²) in [6.45, 7) is 6.95. The quantitative estimate of drug-likeness (QED) is 0.866. The predicted molar refractivity (Wildman–Crippen MR) is 75.4 cm³/mol. The molecular formula is C16H24N2. The smallest absolute Gasteiger partial charge is 0.0320 e. The molecule has 4 unspecified atom stereocenters. The van der Waals surface area contributed by atoms with Crippen LogP contribution in [0.5, 0.6) is 0 Å². The molecule has 1 aliphatic heterocycles. The molecule has 1 aromatic carbocycles. The summed E-state index contributed by atoms with van der Waals surface area (Å²) in [6.07, 6.45) is 2.57. The molecule has 2 N–H and O–H groups in total. The number of nitrogens with zero attached hydrogens (tertiary/aromatic N) is 1. The molecule has 0 aromatic heterocycles. The molecule has 1 saturated heterocycles. The number of hydrogen-bond donors (Lipinski definition) is 1. The second-order valence-electron chi connectivity index (χ2n) is 6.21. The van der Waals surface area contributed by atoms with Gasteiger partial charge in [-0.3, -0.25) is 4.90 Å². The van der Waals surface area contributed by atoms with E-state index in [9.17, 15) is 0 Å². The van der Waals surface area contributed by atoms with E-state index in [2.05, 4.69) is 43.0 Å². The highest BCUT2D eigenvalue weighted by Gasteiger charge is 2.42. The molecule has 1 aromatic rings. The summed E-state index contributed by atoms with van der Waals surface area (Å²) in [4.78, 5) is 2.63.